The Morgan fingerprint density at radius 1 is 1.32 bits per heavy atom. The summed E-state index contributed by atoms with van der Waals surface area (Å²) in [5, 5.41) is 3.01. The molecule has 0 radical (unpaired) electrons. The van der Waals surface area contributed by atoms with E-state index in [0.29, 0.717) is 28.9 Å². The topological polar surface area (TPSA) is 51.2 Å². The molecule has 1 aromatic heterocycles. The van der Waals surface area contributed by atoms with Gasteiger partial charge in [0, 0.05) is 5.56 Å². The Kier molecular flexibility index (Phi) is 4.36. The second-order valence-corrected chi connectivity index (χ2v) is 4.15. The van der Waals surface area contributed by atoms with Crippen LogP contribution in [0.1, 0.15) is 17.3 Å². The first kappa shape index (κ1) is 13.4. The maximum absolute atomic E-state index is 12.0. The van der Waals surface area contributed by atoms with Crippen LogP contribution in [0.5, 0.6) is 5.75 Å². The van der Waals surface area contributed by atoms with E-state index in [0.717, 1.165) is 0 Å². The van der Waals surface area contributed by atoms with Crippen LogP contribution in [0.3, 0.4) is 0 Å². The lowest BCUT2D eigenvalue weighted by atomic mass is 10.2. The highest BCUT2D eigenvalue weighted by Crippen LogP contribution is 2.15. The third-order valence-electron chi connectivity index (χ3n) is 2.36. The van der Waals surface area contributed by atoms with Gasteiger partial charge in [0.05, 0.1) is 6.61 Å². The number of nitrogens with one attached hydrogen (secondary N) is 1. The number of carbonyl (C=O) groups is 1. The molecule has 4 nitrogen and oxygen atoms in total. The Morgan fingerprint density at radius 3 is 2.84 bits per heavy atom. The molecule has 1 N–H and O–H groups in total. The minimum atomic E-state index is -0.253. The second kappa shape index (κ2) is 6.20. The van der Waals surface area contributed by atoms with Crippen LogP contribution in [0, 0.1) is 0 Å². The Morgan fingerprint density at radius 2 is 2.11 bits per heavy atom. The number of pyridine rings is 1. The van der Waals surface area contributed by atoms with Crippen molar-refractivity contribution in [3.05, 3.63) is 53.2 Å². The number of benzene rings is 1. The molecule has 0 aliphatic carbocycles. The number of hydrogen-bond acceptors (Lipinski definition) is 3. The minimum absolute atomic E-state index is 0.253. The number of nitrogens with zero attached hydrogens (tertiary/aromatic N) is 1. The van der Waals surface area contributed by atoms with Crippen LogP contribution >= 0.6 is 11.6 Å². The zero-order valence-corrected chi connectivity index (χ0v) is 11.1. The number of anilines is 1. The Hall–Kier alpha value is -2.07. The van der Waals surface area contributed by atoms with Crippen LogP contribution in [0.25, 0.3) is 0 Å². The SMILES string of the molecule is CCOc1cccc(C(=O)Nc2cccc(Cl)n2)c1. The Balaban J connectivity index is 2.13. The van der Waals surface area contributed by atoms with Gasteiger partial charge in [-0.1, -0.05) is 23.7 Å². The van der Waals surface area contributed by atoms with Crippen LogP contribution in [-0.4, -0.2) is 17.5 Å². The molecule has 1 amide bonds. The number of ether oxygens (including phenoxy) is 1. The number of halogens is 1. The number of hydrogen-bond donors (Lipinski definition) is 1. The van der Waals surface area contributed by atoms with Gasteiger partial charge in [0.2, 0.25) is 0 Å². The van der Waals surface area contributed by atoms with E-state index in [1.165, 1.54) is 0 Å². The van der Waals surface area contributed by atoms with Crippen molar-refractivity contribution in [2.45, 2.75) is 6.92 Å². The van der Waals surface area contributed by atoms with E-state index < -0.39 is 0 Å². The number of amides is 1. The summed E-state index contributed by atoms with van der Waals surface area (Å²) in [6, 6.07) is 12.0. The van der Waals surface area contributed by atoms with E-state index in [4.69, 9.17) is 16.3 Å². The van der Waals surface area contributed by atoms with Gasteiger partial charge in [0.25, 0.3) is 5.91 Å². The maximum atomic E-state index is 12.0. The van der Waals surface area contributed by atoms with Gasteiger partial charge in [-0.25, -0.2) is 4.98 Å². The largest absolute Gasteiger partial charge is 0.494 e. The molecule has 0 atom stereocenters. The van der Waals surface area contributed by atoms with Crippen LogP contribution in [-0.2, 0) is 0 Å². The molecule has 0 spiro atoms. The van der Waals surface area contributed by atoms with Crippen LogP contribution < -0.4 is 10.1 Å². The molecule has 1 heterocycles. The predicted octanol–water partition coefficient (Wildman–Crippen LogP) is 3.39. The molecule has 0 bridgehead atoms. The minimum Gasteiger partial charge on any atom is -0.494 e. The average Bonchev–Trinajstić information content (AvgIpc) is 2.39. The van der Waals surface area contributed by atoms with Gasteiger partial charge < -0.3 is 10.1 Å². The molecule has 0 fully saturated rings. The molecular weight excluding hydrogens is 264 g/mol. The van der Waals surface area contributed by atoms with Crippen molar-refractivity contribution in [1.29, 1.82) is 0 Å². The molecule has 2 aromatic rings. The molecule has 1 aromatic carbocycles. The Bertz CT molecular complexity index is 587. The summed E-state index contributed by atoms with van der Waals surface area (Å²) in [6.07, 6.45) is 0. The molecule has 0 unspecified atom stereocenters. The fourth-order valence-electron chi connectivity index (χ4n) is 1.56. The molecule has 0 saturated carbocycles. The van der Waals surface area contributed by atoms with Gasteiger partial charge in [0.15, 0.2) is 0 Å². The van der Waals surface area contributed by atoms with Gasteiger partial charge in [-0.05, 0) is 37.3 Å². The standard InChI is InChI=1S/C14H13ClN2O2/c1-2-19-11-6-3-5-10(9-11)14(18)17-13-8-4-7-12(15)16-13/h3-9H,2H2,1H3,(H,16,17,18). The zero-order chi connectivity index (χ0) is 13.7. The van der Waals surface area contributed by atoms with Gasteiger partial charge in [-0.2, -0.15) is 0 Å². The quantitative estimate of drug-likeness (QED) is 0.871. The first-order valence-electron chi connectivity index (χ1n) is 5.86. The molecule has 98 valence electrons. The third-order valence-corrected chi connectivity index (χ3v) is 2.57. The zero-order valence-electron chi connectivity index (χ0n) is 10.4. The molecule has 2 rings (SSSR count). The maximum Gasteiger partial charge on any atom is 0.256 e. The fourth-order valence-corrected chi connectivity index (χ4v) is 1.72. The molecule has 0 aliphatic rings. The van der Waals surface area contributed by atoms with E-state index in [9.17, 15) is 4.79 Å². The number of carbonyl (C=O) groups excluding carboxylic acids is 1. The summed E-state index contributed by atoms with van der Waals surface area (Å²) in [4.78, 5) is 16.0. The van der Waals surface area contributed by atoms with Gasteiger partial charge in [-0.3, -0.25) is 4.79 Å². The Labute approximate surface area is 116 Å². The van der Waals surface area contributed by atoms with E-state index in [1.54, 1.807) is 42.5 Å². The first-order chi connectivity index (χ1) is 9.19. The lowest BCUT2D eigenvalue weighted by molar-refractivity contribution is 0.102. The summed E-state index contributed by atoms with van der Waals surface area (Å²) in [5.41, 5.74) is 0.507. The van der Waals surface area contributed by atoms with E-state index in [2.05, 4.69) is 10.3 Å². The van der Waals surface area contributed by atoms with Gasteiger partial charge in [-0.15, -0.1) is 0 Å². The van der Waals surface area contributed by atoms with Gasteiger partial charge in [0.1, 0.15) is 16.7 Å². The van der Waals surface area contributed by atoms with Crippen molar-refractivity contribution in [2.24, 2.45) is 0 Å². The van der Waals surface area contributed by atoms with E-state index in [-0.39, 0.29) is 5.91 Å². The first-order valence-corrected chi connectivity index (χ1v) is 6.23. The summed E-state index contributed by atoms with van der Waals surface area (Å²) in [6.45, 7) is 2.45. The summed E-state index contributed by atoms with van der Waals surface area (Å²) >= 11 is 5.76. The van der Waals surface area contributed by atoms with Crippen LogP contribution in [0.15, 0.2) is 42.5 Å². The van der Waals surface area contributed by atoms with Crippen LogP contribution in [0.2, 0.25) is 5.15 Å². The molecule has 0 aliphatic heterocycles. The van der Waals surface area contributed by atoms with Crippen molar-refractivity contribution >= 4 is 23.3 Å². The lowest BCUT2D eigenvalue weighted by Crippen LogP contribution is -2.13. The molecule has 19 heavy (non-hydrogen) atoms. The molecular formula is C14H13ClN2O2. The van der Waals surface area contributed by atoms with Crippen molar-refractivity contribution in [2.75, 3.05) is 11.9 Å². The highest BCUT2D eigenvalue weighted by Gasteiger charge is 2.08. The highest BCUT2D eigenvalue weighted by molar-refractivity contribution is 6.29. The number of rotatable bonds is 4. The van der Waals surface area contributed by atoms with Crippen molar-refractivity contribution in [3.63, 3.8) is 0 Å². The van der Waals surface area contributed by atoms with Crippen LogP contribution in [0.4, 0.5) is 5.82 Å². The summed E-state index contributed by atoms with van der Waals surface area (Å²) in [7, 11) is 0. The normalized spacial score (nSPS) is 10.0. The average molecular weight is 277 g/mol. The van der Waals surface area contributed by atoms with E-state index >= 15 is 0 Å². The van der Waals surface area contributed by atoms with Crippen molar-refractivity contribution < 1.29 is 9.53 Å². The third kappa shape index (κ3) is 3.69. The molecule has 5 heteroatoms. The van der Waals surface area contributed by atoms with Gasteiger partial charge >= 0.3 is 0 Å². The van der Waals surface area contributed by atoms with Crippen molar-refractivity contribution in [1.82, 2.24) is 4.98 Å². The number of aromatic nitrogens is 1. The fraction of sp³-hybridized carbons (Fsp3) is 0.143. The van der Waals surface area contributed by atoms with E-state index in [1.807, 2.05) is 6.92 Å². The van der Waals surface area contributed by atoms with Crippen molar-refractivity contribution in [3.8, 4) is 5.75 Å². The highest BCUT2D eigenvalue weighted by atomic mass is 35.5. The monoisotopic (exact) mass is 276 g/mol. The summed E-state index contributed by atoms with van der Waals surface area (Å²) in [5.74, 6) is 0.824. The summed E-state index contributed by atoms with van der Waals surface area (Å²) < 4.78 is 5.35. The molecule has 0 saturated heterocycles. The lowest BCUT2D eigenvalue weighted by Gasteiger charge is -2.07. The predicted molar refractivity (Wildman–Crippen MR) is 74.8 cm³/mol. The second-order valence-electron chi connectivity index (χ2n) is 3.76. The smallest absolute Gasteiger partial charge is 0.256 e.